The van der Waals surface area contributed by atoms with Gasteiger partial charge in [0.1, 0.15) is 5.52 Å². The van der Waals surface area contributed by atoms with Crippen LogP contribution >= 0.6 is 0 Å². The topological polar surface area (TPSA) is 83.3 Å². The predicted octanol–water partition coefficient (Wildman–Crippen LogP) is 2.19. The molecule has 0 atom stereocenters. The minimum Gasteiger partial charge on any atom is -0.388 e. The lowest BCUT2D eigenvalue weighted by Gasteiger charge is -2.24. The second-order valence-electron chi connectivity index (χ2n) is 4.67. The average molecular weight is 280 g/mol. The highest BCUT2D eigenvalue weighted by Gasteiger charge is 2.14. The van der Waals surface area contributed by atoms with E-state index < -0.39 is 0 Å². The molecule has 3 aromatic rings. The van der Waals surface area contributed by atoms with Crippen LogP contribution in [-0.2, 0) is 0 Å². The molecule has 2 heterocycles. The number of rotatable bonds is 5. The molecular weight excluding hydrogens is 264 g/mol. The van der Waals surface area contributed by atoms with Gasteiger partial charge in [0.05, 0.1) is 12.0 Å². The molecule has 0 fully saturated rings. The van der Waals surface area contributed by atoms with Gasteiger partial charge in [-0.25, -0.2) is 9.50 Å². The SMILES string of the molecule is N=C(N)CCN(c1ccccc1)c1nccn2nccc12. The molecule has 0 spiro atoms. The summed E-state index contributed by atoms with van der Waals surface area (Å²) in [7, 11) is 0. The number of aromatic nitrogens is 3. The lowest BCUT2D eigenvalue weighted by Crippen LogP contribution is -2.24. The third-order valence-electron chi connectivity index (χ3n) is 3.23. The fraction of sp³-hybridized carbons (Fsp3) is 0.133. The monoisotopic (exact) mass is 280 g/mol. The van der Waals surface area contributed by atoms with Crippen molar-refractivity contribution in [2.45, 2.75) is 6.42 Å². The van der Waals surface area contributed by atoms with Crippen molar-refractivity contribution in [3.05, 3.63) is 55.0 Å². The van der Waals surface area contributed by atoms with Crippen LogP contribution in [0.4, 0.5) is 11.5 Å². The van der Waals surface area contributed by atoms with Crippen LogP contribution in [0, 0.1) is 5.41 Å². The van der Waals surface area contributed by atoms with E-state index in [1.807, 2.05) is 42.6 Å². The molecule has 0 aliphatic carbocycles. The summed E-state index contributed by atoms with van der Waals surface area (Å²) in [6, 6.07) is 11.9. The van der Waals surface area contributed by atoms with Crippen molar-refractivity contribution in [2.75, 3.05) is 11.4 Å². The quantitative estimate of drug-likeness (QED) is 0.554. The number of nitrogens with zero attached hydrogens (tertiary/aromatic N) is 4. The van der Waals surface area contributed by atoms with Crippen molar-refractivity contribution in [3.63, 3.8) is 0 Å². The van der Waals surface area contributed by atoms with E-state index in [1.165, 1.54) is 0 Å². The lowest BCUT2D eigenvalue weighted by molar-refractivity contribution is 0.902. The highest BCUT2D eigenvalue weighted by atomic mass is 15.3. The van der Waals surface area contributed by atoms with Crippen molar-refractivity contribution < 1.29 is 0 Å². The van der Waals surface area contributed by atoms with E-state index in [4.69, 9.17) is 11.1 Å². The van der Waals surface area contributed by atoms with Crippen LogP contribution < -0.4 is 10.6 Å². The molecule has 2 aromatic heterocycles. The molecule has 106 valence electrons. The van der Waals surface area contributed by atoms with E-state index >= 15 is 0 Å². The Balaban J connectivity index is 2.06. The second kappa shape index (κ2) is 5.62. The van der Waals surface area contributed by atoms with Crippen molar-refractivity contribution in [2.24, 2.45) is 5.73 Å². The number of hydrogen-bond donors (Lipinski definition) is 2. The Kier molecular flexibility index (Phi) is 3.51. The van der Waals surface area contributed by atoms with Gasteiger partial charge in [-0.1, -0.05) is 18.2 Å². The number of hydrogen-bond acceptors (Lipinski definition) is 4. The van der Waals surface area contributed by atoms with Gasteiger partial charge in [-0.05, 0) is 18.2 Å². The van der Waals surface area contributed by atoms with E-state index in [2.05, 4.69) is 15.0 Å². The predicted molar refractivity (Wildman–Crippen MR) is 83.0 cm³/mol. The molecule has 0 radical (unpaired) electrons. The highest BCUT2D eigenvalue weighted by Crippen LogP contribution is 2.26. The molecule has 0 saturated heterocycles. The van der Waals surface area contributed by atoms with Crippen LogP contribution in [0.15, 0.2) is 55.0 Å². The number of nitrogens with one attached hydrogen (secondary N) is 1. The first-order valence-corrected chi connectivity index (χ1v) is 6.69. The Morgan fingerprint density at radius 3 is 2.76 bits per heavy atom. The zero-order chi connectivity index (χ0) is 14.7. The zero-order valence-corrected chi connectivity index (χ0v) is 11.5. The smallest absolute Gasteiger partial charge is 0.159 e. The molecule has 3 N–H and O–H groups in total. The molecule has 0 aliphatic rings. The fourth-order valence-electron chi connectivity index (χ4n) is 2.25. The molecule has 21 heavy (non-hydrogen) atoms. The third-order valence-corrected chi connectivity index (χ3v) is 3.23. The van der Waals surface area contributed by atoms with Crippen molar-refractivity contribution in [1.29, 1.82) is 5.41 Å². The minimum absolute atomic E-state index is 0.163. The van der Waals surface area contributed by atoms with Gasteiger partial charge in [0, 0.05) is 31.0 Å². The molecule has 0 bridgehead atoms. The minimum atomic E-state index is 0.163. The van der Waals surface area contributed by atoms with Gasteiger partial charge < -0.3 is 10.6 Å². The standard InChI is InChI=1S/C15H16N6/c16-14(17)7-10-20(12-4-2-1-3-5-12)15-13-6-8-19-21(13)11-9-18-15/h1-6,8-9,11H,7,10H2,(H3,16,17). The van der Waals surface area contributed by atoms with Crippen molar-refractivity contribution in [3.8, 4) is 0 Å². The van der Waals surface area contributed by atoms with E-state index in [0.717, 1.165) is 17.0 Å². The van der Waals surface area contributed by atoms with Gasteiger partial charge in [-0.3, -0.25) is 5.41 Å². The molecule has 0 unspecified atom stereocenters. The molecule has 1 aromatic carbocycles. The Hall–Kier alpha value is -2.89. The first kappa shape index (κ1) is 13.1. The molecule has 0 amide bonds. The Morgan fingerprint density at radius 1 is 1.19 bits per heavy atom. The Bertz CT molecular complexity index is 749. The molecule has 3 rings (SSSR count). The van der Waals surface area contributed by atoms with Gasteiger partial charge >= 0.3 is 0 Å². The normalized spacial score (nSPS) is 10.7. The van der Waals surface area contributed by atoms with E-state index in [9.17, 15) is 0 Å². The molecule has 6 nitrogen and oxygen atoms in total. The second-order valence-corrected chi connectivity index (χ2v) is 4.67. The molecule has 6 heteroatoms. The number of benzene rings is 1. The van der Waals surface area contributed by atoms with Crippen LogP contribution in [0.2, 0.25) is 0 Å². The fourth-order valence-corrected chi connectivity index (χ4v) is 2.25. The van der Waals surface area contributed by atoms with E-state index in [1.54, 1.807) is 16.9 Å². The molecular formula is C15H16N6. The Morgan fingerprint density at radius 2 is 2.00 bits per heavy atom. The summed E-state index contributed by atoms with van der Waals surface area (Å²) in [6.07, 6.45) is 5.76. The zero-order valence-electron chi connectivity index (χ0n) is 11.5. The van der Waals surface area contributed by atoms with Crippen LogP contribution in [0.3, 0.4) is 0 Å². The first-order valence-electron chi connectivity index (χ1n) is 6.69. The summed E-state index contributed by atoms with van der Waals surface area (Å²) < 4.78 is 1.78. The van der Waals surface area contributed by atoms with Crippen LogP contribution in [0.5, 0.6) is 0 Å². The number of amidine groups is 1. The third kappa shape index (κ3) is 2.69. The van der Waals surface area contributed by atoms with E-state index in [0.29, 0.717) is 13.0 Å². The van der Waals surface area contributed by atoms with Gasteiger partial charge in [-0.15, -0.1) is 0 Å². The summed E-state index contributed by atoms with van der Waals surface area (Å²) in [4.78, 5) is 6.54. The molecule has 0 saturated carbocycles. The van der Waals surface area contributed by atoms with E-state index in [-0.39, 0.29) is 5.84 Å². The number of nitrogens with two attached hydrogens (primary N) is 1. The maximum Gasteiger partial charge on any atom is 0.159 e. The number of anilines is 2. The summed E-state index contributed by atoms with van der Waals surface area (Å²) >= 11 is 0. The Labute approximate surface area is 122 Å². The molecule has 0 aliphatic heterocycles. The maximum atomic E-state index is 7.46. The average Bonchev–Trinajstić information content (AvgIpc) is 2.97. The summed E-state index contributed by atoms with van der Waals surface area (Å²) in [5.74, 6) is 0.971. The maximum absolute atomic E-state index is 7.46. The van der Waals surface area contributed by atoms with Gasteiger partial charge in [0.15, 0.2) is 5.82 Å². The summed E-state index contributed by atoms with van der Waals surface area (Å²) in [5, 5.41) is 11.7. The summed E-state index contributed by atoms with van der Waals surface area (Å²) in [6.45, 7) is 0.594. The van der Waals surface area contributed by atoms with Crippen LogP contribution in [0.25, 0.3) is 5.52 Å². The first-order chi connectivity index (χ1) is 10.3. The number of para-hydroxylation sites is 1. The van der Waals surface area contributed by atoms with Gasteiger partial charge in [-0.2, -0.15) is 5.10 Å². The number of fused-ring (bicyclic) bond motifs is 1. The van der Waals surface area contributed by atoms with Crippen molar-refractivity contribution in [1.82, 2.24) is 14.6 Å². The lowest BCUT2D eigenvalue weighted by atomic mass is 10.2. The van der Waals surface area contributed by atoms with Crippen LogP contribution in [-0.4, -0.2) is 27.0 Å². The van der Waals surface area contributed by atoms with Crippen molar-refractivity contribution >= 4 is 22.9 Å². The van der Waals surface area contributed by atoms with Gasteiger partial charge in [0.25, 0.3) is 0 Å². The summed E-state index contributed by atoms with van der Waals surface area (Å²) in [5.41, 5.74) is 7.44. The highest BCUT2D eigenvalue weighted by molar-refractivity contribution is 5.79. The largest absolute Gasteiger partial charge is 0.388 e. The van der Waals surface area contributed by atoms with Crippen LogP contribution in [0.1, 0.15) is 6.42 Å². The van der Waals surface area contributed by atoms with Gasteiger partial charge in [0.2, 0.25) is 0 Å².